The van der Waals surface area contributed by atoms with Crippen LogP contribution in [-0.4, -0.2) is 52.5 Å². The minimum atomic E-state index is -4.67. The first kappa shape index (κ1) is 17.0. The second-order valence-electron chi connectivity index (χ2n) is 4.78. The van der Waals surface area contributed by atoms with Crippen molar-refractivity contribution in [1.29, 1.82) is 0 Å². The van der Waals surface area contributed by atoms with E-state index in [1.165, 1.54) is 0 Å². The third-order valence-corrected chi connectivity index (χ3v) is 2.98. The van der Waals surface area contributed by atoms with Gasteiger partial charge in [0.25, 0.3) is 5.91 Å². The summed E-state index contributed by atoms with van der Waals surface area (Å²) in [6.45, 7) is -2.66. The highest BCUT2D eigenvalue weighted by molar-refractivity contribution is 5.97. The first-order valence-corrected chi connectivity index (χ1v) is 6.14. The van der Waals surface area contributed by atoms with E-state index in [-0.39, 0.29) is 5.56 Å². The summed E-state index contributed by atoms with van der Waals surface area (Å²) in [6, 6.07) is 1.44. The Morgan fingerprint density at radius 1 is 1.17 bits per heavy atom. The van der Waals surface area contributed by atoms with Crippen LogP contribution >= 0.6 is 0 Å². The fourth-order valence-electron chi connectivity index (χ4n) is 1.96. The molecular weight excluding hydrogens is 332 g/mol. The average Bonchev–Trinajstić information content (AvgIpc) is 2.76. The quantitative estimate of drug-likeness (QED) is 0.772. The van der Waals surface area contributed by atoms with Crippen molar-refractivity contribution < 1.29 is 35.9 Å². The monoisotopic (exact) mass is 341 g/mol. The number of pyridine rings is 1. The highest BCUT2D eigenvalue weighted by atomic mass is 19.4. The van der Waals surface area contributed by atoms with Gasteiger partial charge in [0.05, 0.1) is 12.2 Å². The second-order valence-corrected chi connectivity index (χ2v) is 4.78. The van der Waals surface area contributed by atoms with Gasteiger partial charge in [0.1, 0.15) is 18.8 Å². The maximum atomic E-state index is 12.4. The second kappa shape index (κ2) is 5.70. The average molecular weight is 341 g/mol. The summed E-state index contributed by atoms with van der Waals surface area (Å²) in [5, 5.41) is 0. The third kappa shape index (κ3) is 4.11. The molecule has 2 rings (SSSR count). The molecule has 0 atom stereocenters. The molecule has 1 aromatic rings. The van der Waals surface area contributed by atoms with Crippen LogP contribution in [0.4, 0.5) is 26.3 Å². The van der Waals surface area contributed by atoms with Gasteiger partial charge < -0.3 is 9.80 Å². The lowest BCUT2D eigenvalue weighted by atomic mass is 10.2. The Morgan fingerprint density at radius 3 is 2.30 bits per heavy atom. The van der Waals surface area contributed by atoms with Crippen LogP contribution < -0.4 is 0 Å². The molecule has 126 valence electrons. The van der Waals surface area contributed by atoms with Crippen LogP contribution in [0.15, 0.2) is 18.3 Å². The molecule has 0 radical (unpaired) electrons. The summed E-state index contributed by atoms with van der Waals surface area (Å²) >= 11 is 0. The van der Waals surface area contributed by atoms with Crippen LogP contribution in [0.5, 0.6) is 0 Å². The molecule has 2 amide bonds. The zero-order valence-corrected chi connectivity index (χ0v) is 11.3. The van der Waals surface area contributed by atoms with Gasteiger partial charge in [-0.25, -0.2) is 0 Å². The van der Waals surface area contributed by atoms with E-state index < -0.39 is 49.6 Å². The Bertz CT molecular complexity index is 611. The molecule has 23 heavy (non-hydrogen) atoms. The van der Waals surface area contributed by atoms with E-state index >= 15 is 0 Å². The summed E-state index contributed by atoms with van der Waals surface area (Å²) in [4.78, 5) is 27.8. The molecule has 0 aromatic carbocycles. The van der Waals surface area contributed by atoms with E-state index in [1.54, 1.807) is 0 Å². The van der Waals surface area contributed by atoms with Crippen molar-refractivity contribution >= 4 is 11.8 Å². The van der Waals surface area contributed by atoms with E-state index in [4.69, 9.17) is 0 Å². The lowest BCUT2D eigenvalue weighted by molar-refractivity contribution is -0.157. The van der Waals surface area contributed by atoms with Crippen molar-refractivity contribution in [2.45, 2.75) is 12.4 Å². The number of rotatable bonds is 2. The van der Waals surface area contributed by atoms with Crippen LogP contribution in [0.2, 0.25) is 0 Å². The molecule has 1 aromatic heterocycles. The van der Waals surface area contributed by atoms with Gasteiger partial charge in [0.15, 0.2) is 0 Å². The van der Waals surface area contributed by atoms with Gasteiger partial charge in [-0.05, 0) is 12.1 Å². The van der Waals surface area contributed by atoms with Crippen LogP contribution in [0.1, 0.15) is 16.1 Å². The van der Waals surface area contributed by atoms with Gasteiger partial charge in [-0.2, -0.15) is 26.3 Å². The van der Waals surface area contributed by atoms with E-state index in [1.807, 2.05) is 0 Å². The molecule has 11 heteroatoms. The first-order chi connectivity index (χ1) is 10.5. The number of aromatic nitrogens is 1. The minimum Gasteiger partial charge on any atom is -0.314 e. The summed E-state index contributed by atoms with van der Waals surface area (Å²) in [5.41, 5.74) is -1.45. The number of nitrogens with zero attached hydrogens (tertiary/aromatic N) is 3. The summed E-state index contributed by atoms with van der Waals surface area (Å²) in [5.74, 6) is -1.76. The highest BCUT2D eigenvalue weighted by Crippen LogP contribution is 2.27. The van der Waals surface area contributed by atoms with Crippen LogP contribution in [0.3, 0.4) is 0 Å². The first-order valence-electron chi connectivity index (χ1n) is 6.14. The molecule has 0 N–H and O–H groups in total. The molecular formula is C12H9F6N3O2. The Labute approximate surface area is 125 Å². The van der Waals surface area contributed by atoms with Crippen molar-refractivity contribution in [3.05, 3.63) is 29.6 Å². The third-order valence-electron chi connectivity index (χ3n) is 2.98. The summed E-state index contributed by atoms with van der Waals surface area (Å²) < 4.78 is 73.9. The maximum Gasteiger partial charge on any atom is 0.433 e. The fraction of sp³-hybridized carbons (Fsp3) is 0.417. The number of hydrogen-bond donors (Lipinski definition) is 0. The number of halogens is 6. The molecule has 1 saturated heterocycles. The number of alkyl halides is 6. The van der Waals surface area contributed by atoms with Gasteiger partial charge in [-0.15, -0.1) is 0 Å². The molecule has 0 aliphatic carbocycles. The van der Waals surface area contributed by atoms with Crippen molar-refractivity contribution in [2.24, 2.45) is 0 Å². The van der Waals surface area contributed by atoms with Crippen molar-refractivity contribution in [2.75, 3.05) is 19.8 Å². The van der Waals surface area contributed by atoms with Crippen LogP contribution in [0, 0.1) is 0 Å². The van der Waals surface area contributed by atoms with Gasteiger partial charge in [-0.1, -0.05) is 0 Å². The molecule has 2 heterocycles. The Balaban J connectivity index is 2.08. The minimum absolute atomic E-state index is 0.250. The van der Waals surface area contributed by atoms with Crippen molar-refractivity contribution in [3.8, 4) is 0 Å². The van der Waals surface area contributed by atoms with Crippen LogP contribution in [-0.2, 0) is 11.0 Å². The Kier molecular flexibility index (Phi) is 4.22. The molecule has 1 aliphatic heterocycles. The smallest absolute Gasteiger partial charge is 0.314 e. The van der Waals surface area contributed by atoms with Crippen molar-refractivity contribution in [3.63, 3.8) is 0 Å². The van der Waals surface area contributed by atoms with Gasteiger partial charge >= 0.3 is 12.4 Å². The number of amides is 2. The molecule has 0 bridgehead atoms. The zero-order chi connectivity index (χ0) is 17.4. The molecule has 1 fully saturated rings. The number of carbonyl (C=O) groups is 2. The van der Waals surface area contributed by atoms with E-state index in [9.17, 15) is 35.9 Å². The Morgan fingerprint density at radius 2 is 1.83 bits per heavy atom. The molecule has 0 saturated carbocycles. The predicted octanol–water partition coefficient (Wildman–Crippen LogP) is 1.90. The van der Waals surface area contributed by atoms with Gasteiger partial charge in [0.2, 0.25) is 5.91 Å². The number of hydrogen-bond acceptors (Lipinski definition) is 3. The van der Waals surface area contributed by atoms with E-state index in [2.05, 4.69) is 4.98 Å². The lowest BCUT2D eigenvalue weighted by Gasteiger charge is -2.19. The molecule has 1 aliphatic rings. The topological polar surface area (TPSA) is 53.5 Å². The Hall–Kier alpha value is -2.33. The largest absolute Gasteiger partial charge is 0.433 e. The van der Waals surface area contributed by atoms with Gasteiger partial charge in [-0.3, -0.25) is 14.6 Å². The molecule has 0 unspecified atom stereocenters. The highest BCUT2D eigenvalue weighted by Gasteiger charge is 2.39. The summed E-state index contributed by atoms with van der Waals surface area (Å²) in [6.07, 6.45) is -8.61. The normalized spacial score (nSPS) is 16.2. The van der Waals surface area contributed by atoms with Crippen molar-refractivity contribution in [1.82, 2.24) is 14.8 Å². The van der Waals surface area contributed by atoms with E-state index in [0.717, 1.165) is 11.0 Å². The maximum absolute atomic E-state index is 12.4. The van der Waals surface area contributed by atoms with E-state index in [0.29, 0.717) is 17.2 Å². The predicted molar refractivity (Wildman–Crippen MR) is 62.9 cm³/mol. The van der Waals surface area contributed by atoms with Gasteiger partial charge in [0, 0.05) is 6.20 Å². The van der Waals surface area contributed by atoms with Crippen LogP contribution in [0.25, 0.3) is 0 Å². The molecule has 5 nitrogen and oxygen atoms in total. The fourth-order valence-corrected chi connectivity index (χ4v) is 1.96. The standard InChI is InChI=1S/C12H9F6N3O2/c13-11(14,15)5-21-6-20(4-9(21)22)10(23)7-1-2-8(19-3-7)12(16,17)18/h1-3H,4-6H2. The lowest BCUT2D eigenvalue weighted by Crippen LogP contribution is -2.37. The molecule has 0 spiro atoms. The summed E-state index contributed by atoms with van der Waals surface area (Å²) in [7, 11) is 0. The number of carbonyl (C=O) groups excluding carboxylic acids is 2. The SMILES string of the molecule is O=C1CN(C(=O)c2ccc(C(F)(F)F)nc2)CN1CC(F)(F)F. The zero-order valence-electron chi connectivity index (χ0n) is 11.3.